The van der Waals surface area contributed by atoms with Gasteiger partial charge in [0, 0.05) is 16.8 Å². The minimum atomic E-state index is 0.0886. The van der Waals surface area contributed by atoms with Crippen LogP contribution in [0.15, 0.2) is 29.6 Å². The number of phenols is 1. The van der Waals surface area contributed by atoms with E-state index in [1.165, 1.54) is 0 Å². The van der Waals surface area contributed by atoms with E-state index in [1.807, 2.05) is 12.1 Å². The highest BCUT2D eigenvalue weighted by Crippen LogP contribution is 2.28. The summed E-state index contributed by atoms with van der Waals surface area (Å²) in [5.74, 6) is 0.304. The molecule has 0 fully saturated rings. The van der Waals surface area contributed by atoms with Gasteiger partial charge in [0.05, 0.1) is 11.7 Å². The van der Waals surface area contributed by atoms with Gasteiger partial charge < -0.3 is 10.4 Å². The number of rotatable bonds is 4. The number of thiazole rings is 1. The van der Waals surface area contributed by atoms with E-state index in [2.05, 4.69) is 45.3 Å². The van der Waals surface area contributed by atoms with Gasteiger partial charge in [-0.2, -0.15) is 0 Å². The number of benzene rings is 1. The normalized spacial score (nSPS) is 14.9. The summed E-state index contributed by atoms with van der Waals surface area (Å²) >= 11 is 1.70. The van der Waals surface area contributed by atoms with Crippen molar-refractivity contribution in [1.29, 1.82) is 0 Å². The van der Waals surface area contributed by atoms with Gasteiger partial charge in [-0.1, -0.05) is 32.9 Å². The lowest BCUT2D eigenvalue weighted by Crippen LogP contribution is -2.22. The molecule has 0 bridgehead atoms. The lowest BCUT2D eigenvalue weighted by Gasteiger charge is -2.19. The number of nitrogens with one attached hydrogen (secondary N) is 1. The second kappa shape index (κ2) is 6.16. The lowest BCUT2D eigenvalue weighted by molar-refractivity contribution is 0.465. The summed E-state index contributed by atoms with van der Waals surface area (Å²) in [6.07, 6.45) is 0. The zero-order chi connectivity index (χ0) is 15.6. The molecule has 1 heterocycles. The minimum Gasteiger partial charge on any atom is -0.508 e. The molecule has 0 radical (unpaired) electrons. The molecular formula is C17H24N2OS. The SMILES string of the molecule is C[C@H](N[C@@H](C)c1nc(C(C)(C)C)cs1)c1cccc(O)c1. The van der Waals surface area contributed by atoms with Gasteiger partial charge in [0.1, 0.15) is 10.8 Å². The summed E-state index contributed by atoms with van der Waals surface area (Å²) in [5.41, 5.74) is 2.31. The first-order valence-electron chi connectivity index (χ1n) is 7.28. The van der Waals surface area contributed by atoms with Crippen LogP contribution in [0.4, 0.5) is 0 Å². The number of aromatic nitrogens is 1. The molecule has 0 unspecified atom stereocenters. The van der Waals surface area contributed by atoms with Gasteiger partial charge in [-0.3, -0.25) is 0 Å². The second-order valence-electron chi connectivity index (χ2n) is 6.53. The number of hydrogen-bond acceptors (Lipinski definition) is 4. The average molecular weight is 304 g/mol. The van der Waals surface area contributed by atoms with Gasteiger partial charge in [-0.25, -0.2) is 4.98 Å². The summed E-state index contributed by atoms with van der Waals surface area (Å²) in [6, 6.07) is 7.72. The second-order valence-corrected chi connectivity index (χ2v) is 7.42. The van der Waals surface area contributed by atoms with Crippen LogP contribution in [0, 0.1) is 0 Å². The average Bonchev–Trinajstić information content (AvgIpc) is 2.88. The van der Waals surface area contributed by atoms with Crippen LogP contribution in [0.25, 0.3) is 0 Å². The molecule has 0 saturated carbocycles. The van der Waals surface area contributed by atoms with E-state index in [-0.39, 0.29) is 17.5 Å². The predicted octanol–water partition coefficient (Wildman–Crippen LogP) is 4.56. The van der Waals surface area contributed by atoms with E-state index in [0.29, 0.717) is 5.75 Å². The Labute approximate surface area is 131 Å². The van der Waals surface area contributed by atoms with Gasteiger partial charge in [-0.05, 0) is 31.5 Å². The number of aromatic hydroxyl groups is 1. The lowest BCUT2D eigenvalue weighted by atomic mass is 9.93. The third-order valence-electron chi connectivity index (χ3n) is 3.53. The van der Waals surface area contributed by atoms with Crippen LogP contribution >= 0.6 is 11.3 Å². The first-order valence-corrected chi connectivity index (χ1v) is 8.16. The summed E-state index contributed by atoms with van der Waals surface area (Å²) in [6.45, 7) is 10.8. The Kier molecular flexibility index (Phi) is 4.69. The molecule has 0 aliphatic carbocycles. The predicted molar refractivity (Wildman–Crippen MR) is 88.9 cm³/mol. The van der Waals surface area contributed by atoms with E-state index < -0.39 is 0 Å². The van der Waals surface area contributed by atoms with Gasteiger partial charge >= 0.3 is 0 Å². The summed E-state index contributed by atoms with van der Waals surface area (Å²) < 4.78 is 0. The molecule has 0 amide bonds. The monoisotopic (exact) mass is 304 g/mol. The van der Waals surface area contributed by atoms with Gasteiger partial charge in [-0.15, -0.1) is 11.3 Å². The quantitative estimate of drug-likeness (QED) is 0.870. The first-order chi connectivity index (χ1) is 9.77. The maximum absolute atomic E-state index is 9.57. The fourth-order valence-corrected chi connectivity index (χ4v) is 3.23. The van der Waals surface area contributed by atoms with E-state index in [1.54, 1.807) is 23.5 Å². The topological polar surface area (TPSA) is 45.2 Å². The molecule has 2 atom stereocenters. The number of hydrogen-bond donors (Lipinski definition) is 2. The Hall–Kier alpha value is -1.39. The minimum absolute atomic E-state index is 0.0886. The van der Waals surface area contributed by atoms with Crippen molar-refractivity contribution in [3.63, 3.8) is 0 Å². The van der Waals surface area contributed by atoms with Crippen LogP contribution in [-0.2, 0) is 5.41 Å². The molecule has 1 aromatic heterocycles. The molecule has 4 heteroatoms. The highest BCUT2D eigenvalue weighted by atomic mass is 32.1. The Bertz CT molecular complexity index is 601. The highest BCUT2D eigenvalue weighted by Gasteiger charge is 2.20. The largest absolute Gasteiger partial charge is 0.508 e. The molecule has 1 aromatic carbocycles. The highest BCUT2D eigenvalue weighted by molar-refractivity contribution is 7.09. The third kappa shape index (κ3) is 4.05. The fraction of sp³-hybridized carbons (Fsp3) is 0.471. The molecule has 0 aliphatic heterocycles. The molecule has 3 nitrogen and oxygen atoms in total. The molecule has 2 aromatic rings. The Balaban J connectivity index is 2.07. The molecule has 0 spiro atoms. The van der Waals surface area contributed by atoms with E-state index >= 15 is 0 Å². The molecule has 2 rings (SSSR count). The number of phenolic OH excluding ortho intramolecular Hbond substituents is 1. The first kappa shape index (κ1) is 16.0. The Morgan fingerprint density at radius 2 is 1.90 bits per heavy atom. The molecule has 0 aliphatic rings. The van der Waals surface area contributed by atoms with Crippen LogP contribution in [0.3, 0.4) is 0 Å². The van der Waals surface area contributed by atoms with Crippen LogP contribution in [-0.4, -0.2) is 10.1 Å². The Morgan fingerprint density at radius 3 is 2.48 bits per heavy atom. The van der Waals surface area contributed by atoms with Crippen molar-refractivity contribution in [2.45, 2.75) is 52.1 Å². The maximum atomic E-state index is 9.57. The Morgan fingerprint density at radius 1 is 1.19 bits per heavy atom. The van der Waals surface area contributed by atoms with Crippen molar-refractivity contribution in [2.24, 2.45) is 0 Å². The van der Waals surface area contributed by atoms with E-state index in [4.69, 9.17) is 4.98 Å². The smallest absolute Gasteiger partial charge is 0.115 e. The van der Waals surface area contributed by atoms with Crippen LogP contribution in [0.1, 0.15) is 63.0 Å². The molecule has 21 heavy (non-hydrogen) atoms. The molecule has 114 valence electrons. The van der Waals surface area contributed by atoms with Crippen molar-refractivity contribution in [2.75, 3.05) is 0 Å². The van der Waals surface area contributed by atoms with Gasteiger partial charge in [0.25, 0.3) is 0 Å². The fourth-order valence-electron chi connectivity index (χ4n) is 2.17. The molecular weight excluding hydrogens is 280 g/mol. The van der Waals surface area contributed by atoms with E-state index in [0.717, 1.165) is 16.3 Å². The third-order valence-corrected chi connectivity index (χ3v) is 4.56. The van der Waals surface area contributed by atoms with Crippen LogP contribution in [0.2, 0.25) is 0 Å². The van der Waals surface area contributed by atoms with Gasteiger partial charge in [0.2, 0.25) is 0 Å². The van der Waals surface area contributed by atoms with E-state index in [9.17, 15) is 5.11 Å². The molecule has 0 saturated heterocycles. The molecule has 2 N–H and O–H groups in total. The standard InChI is InChI=1S/C17H24N2OS/c1-11(13-7-6-8-14(20)9-13)18-12(2)16-19-15(10-21-16)17(3,4)5/h6-12,18,20H,1-5H3/t11-,12-/m0/s1. The summed E-state index contributed by atoms with van der Waals surface area (Å²) in [7, 11) is 0. The van der Waals surface area contributed by atoms with Crippen molar-refractivity contribution in [3.8, 4) is 5.75 Å². The van der Waals surface area contributed by atoms with Crippen LogP contribution in [0.5, 0.6) is 5.75 Å². The van der Waals surface area contributed by atoms with Crippen molar-refractivity contribution < 1.29 is 5.11 Å². The number of nitrogens with zero attached hydrogens (tertiary/aromatic N) is 1. The zero-order valence-corrected chi connectivity index (χ0v) is 14.2. The van der Waals surface area contributed by atoms with Gasteiger partial charge in [0.15, 0.2) is 0 Å². The summed E-state index contributed by atoms with van der Waals surface area (Å²) in [5, 5.41) is 16.4. The zero-order valence-electron chi connectivity index (χ0n) is 13.3. The van der Waals surface area contributed by atoms with Crippen LogP contribution < -0.4 is 5.32 Å². The summed E-state index contributed by atoms with van der Waals surface area (Å²) in [4.78, 5) is 4.75. The van der Waals surface area contributed by atoms with Crippen molar-refractivity contribution in [3.05, 3.63) is 45.9 Å². The van der Waals surface area contributed by atoms with Crippen molar-refractivity contribution >= 4 is 11.3 Å². The van der Waals surface area contributed by atoms with Crippen molar-refractivity contribution in [1.82, 2.24) is 10.3 Å². The maximum Gasteiger partial charge on any atom is 0.115 e.